The van der Waals surface area contributed by atoms with Gasteiger partial charge in [-0.3, -0.25) is 0 Å². The topological polar surface area (TPSA) is 64.7 Å². The third-order valence-electron chi connectivity index (χ3n) is 1.67. The summed E-state index contributed by atoms with van der Waals surface area (Å²) in [6, 6.07) is 5.40. The lowest BCUT2D eigenvalue weighted by Crippen LogP contribution is -2.14. The number of rotatable bonds is 3. The Morgan fingerprint density at radius 1 is 1.47 bits per heavy atom. The zero-order valence-electron chi connectivity index (χ0n) is 8.24. The summed E-state index contributed by atoms with van der Waals surface area (Å²) in [7, 11) is 0. The van der Waals surface area contributed by atoms with Gasteiger partial charge in [0.1, 0.15) is 5.82 Å². The van der Waals surface area contributed by atoms with Crippen LogP contribution in [-0.2, 0) is 9.63 Å². The number of hydrogen-bond donors (Lipinski definition) is 1. The number of hydrogen-bond acceptors (Lipinski definition) is 3. The molecule has 0 radical (unpaired) electrons. The van der Waals surface area contributed by atoms with E-state index in [0.29, 0.717) is 5.56 Å². The van der Waals surface area contributed by atoms with Crippen LogP contribution in [-0.4, -0.2) is 11.8 Å². The van der Waals surface area contributed by atoms with Crippen molar-refractivity contribution in [2.45, 2.75) is 13.3 Å². The molecule has 5 heteroatoms. The minimum atomic E-state index is -0.472. The normalized spacial score (nSPS) is 11.2. The number of carbonyl (C=O) groups excluding carboxylic acids is 1. The first-order valence-corrected chi connectivity index (χ1v) is 4.42. The number of oxime groups is 1. The number of nitrogens with zero attached hydrogens (tertiary/aromatic N) is 1. The number of nitrogens with two attached hydrogens (primary N) is 1. The summed E-state index contributed by atoms with van der Waals surface area (Å²) in [6.07, 6.45) is 0.222. The lowest BCUT2D eigenvalue weighted by atomic mass is 10.2. The van der Waals surface area contributed by atoms with E-state index in [-0.39, 0.29) is 18.1 Å². The molecular weight excluding hydrogens is 199 g/mol. The minimum Gasteiger partial charge on any atom is -0.380 e. The zero-order valence-corrected chi connectivity index (χ0v) is 8.24. The summed E-state index contributed by atoms with van der Waals surface area (Å²) >= 11 is 0. The van der Waals surface area contributed by atoms with Gasteiger partial charge in [0.2, 0.25) is 0 Å². The molecule has 0 saturated heterocycles. The van der Waals surface area contributed by atoms with Gasteiger partial charge in [0.15, 0.2) is 5.84 Å². The van der Waals surface area contributed by atoms with Crippen molar-refractivity contribution in [3.8, 4) is 0 Å². The van der Waals surface area contributed by atoms with Gasteiger partial charge in [-0.1, -0.05) is 12.1 Å². The van der Waals surface area contributed by atoms with Crippen LogP contribution in [0.25, 0.3) is 0 Å². The summed E-state index contributed by atoms with van der Waals surface area (Å²) in [5.41, 5.74) is 6.00. The third kappa shape index (κ3) is 3.38. The van der Waals surface area contributed by atoms with Crippen LogP contribution < -0.4 is 5.73 Å². The molecule has 0 fully saturated rings. The first-order valence-electron chi connectivity index (χ1n) is 4.42. The van der Waals surface area contributed by atoms with Gasteiger partial charge in [-0.15, -0.1) is 0 Å². The Labute approximate surface area is 86.5 Å². The lowest BCUT2D eigenvalue weighted by Gasteiger charge is -1.99. The molecule has 0 saturated carbocycles. The van der Waals surface area contributed by atoms with E-state index in [1.807, 2.05) is 0 Å². The number of benzene rings is 1. The van der Waals surface area contributed by atoms with E-state index in [9.17, 15) is 9.18 Å². The fourth-order valence-corrected chi connectivity index (χ4v) is 0.838. The summed E-state index contributed by atoms with van der Waals surface area (Å²) in [4.78, 5) is 15.2. The average Bonchev–Trinajstić information content (AvgIpc) is 2.26. The highest BCUT2D eigenvalue weighted by atomic mass is 19.1. The van der Waals surface area contributed by atoms with Crippen molar-refractivity contribution in [1.29, 1.82) is 0 Å². The maximum Gasteiger partial charge on any atom is 0.334 e. The van der Waals surface area contributed by atoms with E-state index < -0.39 is 5.97 Å². The predicted octanol–water partition coefficient (Wildman–Crippen LogP) is 1.40. The largest absolute Gasteiger partial charge is 0.380 e. The van der Waals surface area contributed by atoms with Crippen molar-refractivity contribution in [2.75, 3.05) is 0 Å². The van der Waals surface area contributed by atoms with Crippen LogP contribution in [0.5, 0.6) is 0 Å². The van der Waals surface area contributed by atoms with Gasteiger partial charge in [0.25, 0.3) is 0 Å². The van der Waals surface area contributed by atoms with E-state index in [4.69, 9.17) is 5.73 Å². The molecule has 0 spiro atoms. The van der Waals surface area contributed by atoms with E-state index >= 15 is 0 Å². The van der Waals surface area contributed by atoms with E-state index in [0.717, 1.165) is 0 Å². The van der Waals surface area contributed by atoms with Gasteiger partial charge in [-0.2, -0.15) is 0 Å². The summed E-state index contributed by atoms with van der Waals surface area (Å²) in [5, 5.41) is 3.42. The van der Waals surface area contributed by atoms with Crippen molar-refractivity contribution in [1.82, 2.24) is 0 Å². The molecule has 0 aliphatic heterocycles. The Hall–Kier alpha value is -1.91. The van der Waals surface area contributed by atoms with Crippen LogP contribution in [0.2, 0.25) is 0 Å². The fraction of sp³-hybridized carbons (Fsp3) is 0.200. The minimum absolute atomic E-state index is 0.0387. The Bertz CT molecular complexity index is 374. The lowest BCUT2D eigenvalue weighted by molar-refractivity contribution is -0.143. The van der Waals surface area contributed by atoms with Gasteiger partial charge < -0.3 is 10.6 Å². The Balaban J connectivity index is 2.71. The molecule has 0 atom stereocenters. The first kappa shape index (κ1) is 11.2. The first-order chi connectivity index (χ1) is 7.13. The molecule has 0 aliphatic rings. The molecule has 0 bridgehead atoms. The van der Waals surface area contributed by atoms with Gasteiger partial charge in [-0.25, -0.2) is 9.18 Å². The molecule has 2 N–H and O–H groups in total. The molecule has 0 aromatic heterocycles. The summed E-state index contributed by atoms with van der Waals surface area (Å²) in [5.74, 6) is -0.797. The second-order valence-electron chi connectivity index (χ2n) is 2.80. The molecule has 4 nitrogen and oxygen atoms in total. The van der Waals surface area contributed by atoms with Gasteiger partial charge >= 0.3 is 5.97 Å². The maximum atomic E-state index is 12.6. The second-order valence-corrected chi connectivity index (χ2v) is 2.80. The molecular formula is C10H11FN2O2. The smallest absolute Gasteiger partial charge is 0.334 e. The fourth-order valence-electron chi connectivity index (χ4n) is 0.838. The Morgan fingerprint density at radius 3 is 2.60 bits per heavy atom. The molecule has 0 aliphatic carbocycles. The summed E-state index contributed by atoms with van der Waals surface area (Å²) in [6.45, 7) is 1.64. The Kier molecular flexibility index (Phi) is 3.79. The van der Waals surface area contributed by atoms with Crippen LogP contribution in [0.1, 0.15) is 18.9 Å². The second kappa shape index (κ2) is 5.09. The maximum absolute atomic E-state index is 12.6. The molecule has 0 amide bonds. The van der Waals surface area contributed by atoms with Crippen molar-refractivity contribution in [3.63, 3.8) is 0 Å². The highest BCUT2D eigenvalue weighted by Crippen LogP contribution is 2.02. The molecule has 1 rings (SSSR count). The summed E-state index contributed by atoms with van der Waals surface area (Å²) < 4.78 is 12.6. The van der Waals surface area contributed by atoms with E-state index in [1.165, 1.54) is 24.3 Å². The van der Waals surface area contributed by atoms with Gasteiger partial charge in [-0.05, 0) is 24.3 Å². The number of halogens is 1. The molecule has 1 aromatic carbocycles. The van der Waals surface area contributed by atoms with Crippen LogP contribution >= 0.6 is 0 Å². The predicted molar refractivity (Wildman–Crippen MR) is 53.5 cm³/mol. The molecule has 80 valence electrons. The van der Waals surface area contributed by atoms with Crippen LogP contribution in [0.15, 0.2) is 29.4 Å². The van der Waals surface area contributed by atoms with Crippen LogP contribution in [0.3, 0.4) is 0 Å². The third-order valence-corrected chi connectivity index (χ3v) is 1.67. The molecule has 0 heterocycles. The van der Waals surface area contributed by atoms with E-state index in [1.54, 1.807) is 6.92 Å². The SMILES string of the molecule is CCC(=O)O/N=C(\N)c1ccc(F)cc1. The quantitative estimate of drug-likeness (QED) is 0.355. The van der Waals surface area contributed by atoms with Gasteiger partial charge in [0, 0.05) is 12.0 Å². The standard InChI is InChI=1S/C10H11FN2O2/c1-2-9(14)15-13-10(12)7-3-5-8(11)6-4-7/h3-6H,2H2,1H3,(H2,12,13). The number of amidine groups is 1. The van der Waals surface area contributed by atoms with Crippen molar-refractivity contribution in [3.05, 3.63) is 35.6 Å². The monoisotopic (exact) mass is 210 g/mol. The van der Waals surface area contributed by atoms with Gasteiger partial charge in [0.05, 0.1) is 0 Å². The highest BCUT2D eigenvalue weighted by Gasteiger charge is 2.01. The average molecular weight is 210 g/mol. The molecule has 1 aromatic rings. The van der Waals surface area contributed by atoms with Crippen molar-refractivity contribution in [2.24, 2.45) is 10.9 Å². The number of carbonyl (C=O) groups is 1. The van der Waals surface area contributed by atoms with E-state index in [2.05, 4.69) is 9.99 Å². The zero-order chi connectivity index (χ0) is 11.3. The highest BCUT2D eigenvalue weighted by molar-refractivity contribution is 5.97. The van der Waals surface area contributed by atoms with Crippen LogP contribution in [0.4, 0.5) is 4.39 Å². The van der Waals surface area contributed by atoms with Crippen molar-refractivity contribution < 1.29 is 14.0 Å². The molecule has 15 heavy (non-hydrogen) atoms. The van der Waals surface area contributed by atoms with Crippen molar-refractivity contribution >= 4 is 11.8 Å². The van der Waals surface area contributed by atoms with Crippen LogP contribution in [0, 0.1) is 5.82 Å². The Morgan fingerprint density at radius 2 is 2.07 bits per heavy atom. The molecule has 0 unspecified atom stereocenters.